The third kappa shape index (κ3) is 3.74. The molecule has 0 aromatic carbocycles. The third-order valence-electron chi connectivity index (χ3n) is 4.09. The summed E-state index contributed by atoms with van der Waals surface area (Å²) in [4.78, 5) is 0. The summed E-state index contributed by atoms with van der Waals surface area (Å²) in [6.45, 7) is 2.45. The molecular formula is C12H27N3. The summed E-state index contributed by atoms with van der Waals surface area (Å²) >= 11 is 0. The Morgan fingerprint density at radius 1 is 0.867 bits per heavy atom. The van der Waals surface area contributed by atoms with Gasteiger partial charge in [0.1, 0.15) is 0 Å². The van der Waals surface area contributed by atoms with E-state index in [1.165, 1.54) is 32.1 Å². The molecule has 3 nitrogen and oxygen atoms in total. The van der Waals surface area contributed by atoms with E-state index >= 15 is 0 Å². The smallest absolute Gasteiger partial charge is 0.00720 e. The summed E-state index contributed by atoms with van der Waals surface area (Å²) in [6.07, 6.45) is 8.78. The zero-order chi connectivity index (χ0) is 11.1. The molecule has 0 spiro atoms. The molecule has 1 aliphatic carbocycles. The van der Waals surface area contributed by atoms with Crippen LogP contribution in [0.2, 0.25) is 0 Å². The van der Waals surface area contributed by atoms with Gasteiger partial charge in [-0.1, -0.05) is 0 Å². The molecule has 0 heterocycles. The normalized spacial score (nSPS) is 21.8. The lowest BCUT2D eigenvalue weighted by atomic mass is 9.66. The van der Waals surface area contributed by atoms with Crippen LogP contribution in [0.3, 0.4) is 0 Å². The van der Waals surface area contributed by atoms with Crippen molar-refractivity contribution in [1.29, 1.82) is 0 Å². The molecule has 1 aliphatic rings. The summed E-state index contributed by atoms with van der Waals surface area (Å²) in [7, 11) is 0. The monoisotopic (exact) mass is 213 g/mol. The predicted molar refractivity (Wildman–Crippen MR) is 65.4 cm³/mol. The Morgan fingerprint density at radius 3 is 1.80 bits per heavy atom. The molecule has 1 fully saturated rings. The Bertz CT molecular complexity index is 154. The number of rotatable bonds is 6. The zero-order valence-corrected chi connectivity index (χ0v) is 9.88. The van der Waals surface area contributed by atoms with Crippen LogP contribution in [0, 0.1) is 11.3 Å². The van der Waals surface area contributed by atoms with Gasteiger partial charge in [0.05, 0.1) is 0 Å². The molecule has 90 valence electrons. The van der Waals surface area contributed by atoms with Crippen LogP contribution >= 0.6 is 0 Å². The Hall–Kier alpha value is -0.120. The molecule has 15 heavy (non-hydrogen) atoms. The molecule has 0 radical (unpaired) electrons. The minimum Gasteiger partial charge on any atom is -0.330 e. The van der Waals surface area contributed by atoms with Crippen LogP contribution in [-0.2, 0) is 0 Å². The molecule has 0 aromatic rings. The van der Waals surface area contributed by atoms with Crippen LogP contribution in [0.25, 0.3) is 0 Å². The molecule has 0 amide bonds. The van der Waals surface area contributed by atoms with Gasteiger partial charge in [-0.15, -0.1) is 0 Å². The maximum atomic E-state index is 5.71. The lowest BCUT2D eigenvalue weighted by Crippen LogP contribution is -2.32. The van der Waals surface area contributed by atoms with Gasteiger partial charge in [-0.3, -0.25) is 0 Å². The highest BCUT2D eigenvalue weighted by molar-refractivity contribution is 4.86. The van der Waals surface area contributed by atoms with Crippen molar-refractivity contribution in [2.24, 2.45) is 28.5 Å². The fourth-order valence-corrected chi connectivity index (χ4v) is 3.05. The first kappa shape index (κ1) is 12.9. The van der Waals surface area contributed by atoms with E-state index in [-0.39, 0.29) is 0 Å². The van der Waals surface area contributed by atoms with E-state index in [1.54, 1.807) is 0 Å². The van der Waals surface area contributed by atoms with E-state index in [1.807, 2.05) is 0 Å². The average Bonchev–Trinajstić information content (AvgIpc) is 2.23. The third-order valence-corrected chi connectivity index (χ3v) is 4.09. The van der Waals surface area contributed by atoms with Gasteiger partial charge in [-0.05, 0) is 75.9 Å². The van der Waals surface area contributed by atoms with Crippen molar-refractivity contribution >= 4 is 0 Å². The van der Waals surface area contributed by atoms with Gasteiger partial charge < -0.3 is 17.2 Å². The molecule has 1 rings (SSSR count). The maximum Gasteiger partial charge on any atom is -0.00720 e. The van der Waals surface area contributed by atoms with Gasteiger partial charge in [0.15, 0.2) is 0 Å². The highest BCUT2D eigenvalue weighted by Gasteiger charge is 2.33. The molecule has 0 atom stereocenters. The molecule has 6 N–H and O–H groups in total. The van der Waals surface area contributed by atoms with Crippen LogP contribution in [-0.4, -0.2) is 19.6 Å². The first-order valence-electron chi connectivity index (χ1n) is 6.36. The van der Waals surface area contributed by atoms with Gasteiger partial charge in [0, 0.05) is 0 Å². The van der Waals surface area contributed by atoms with E-state index in [4.69, 9.17) is 17.2 Å². The van der Waals surface area contributed by atoms with Crippen LogP contribution < -0.4 is 17.2 Å². The second kappa shape index (κ2) is 6.46. The molecule has 1 saturated carbocycles. The van der Waals surface area contributed by atoms with Gasteiger partial charge in [-0.25, -0.2) is 0 Å². The van der Waals surface area contributed by atoms with Crippen molar-refractivity contribution in [2.75, 3.05) is 19.6 Å². The maximum absolute atomic E-state index is 5.71. The molecule has 3 heteroatoms. The lowest BCUT2D eigenvalue weighted by molar-refractivity contribution is 0.126. The van der Waals surface area contributed by atoms with Crippen molar-refractivity contribution in [2.45, 2.75) is 44.9 Å². The van der Waals surface area contributed by atoms with Crippen molar-refractivity contribution in [1.82, 2.24) is 0 Å². The van der Waals surface area contributed by atoms with Crippen LogP contribution in [0.5, 0.6) is 0 Å². The number of nitrogens with two attached hydrogens (primary N) is 3. The first-order chi connectivity index (χ1) is 7.26. The topological polar surface area (TPSA) is 78.1 Å². The lowest BCUT2D eigenvalue weighted by Gasteiger charge is -2.40. The van der Waals surface area contributed by atoms with Crippen molar-refractivity contribution in [3.05, 3.63) is 0 Å². The van der Waals surface area contributed by atoms with E-state index in [9.17, 15) is 0 Å². The van der Waals surface area contributed by atoms with E-state index in [0.29, 0.717) is 5.41 Å². The SMILES string of the molecule is NCCC1CCC(CCN)(CCN)CC1. The second-order valence-electron chi connectivity index (χ2n) is 5.10. The van der Waals surface area contributed by atoms with E-state index in [0.717, 1.165) is 38.4 Å². The fraction of sp³-hybridized carbons (Fsp3) is 1.00. The first-order valence-corrected chi connectivity index (χ1v) is 6.36. The van der Waals surface area contributed by atoms with Gasteiger partial charge in [0.2, 0.25) is 0 Å². The molecule has 0 unspecified atom stereocenters. The Labute approximate surface area is 93.8 Å². The van der Waals surface area contributed by atoms with E-state index in [2.05, 4.69) is 0 Å². The highest BCUT2D eigenvalue weighted by Crippen LogP contribution is 2.44. The Kier molecular flexibility index (Phi) is 5.58. The molecule has 0 aromatic heterocycles. The van der Waals surface area contributed by atoms with Crippen LogP contribution in [0.15, 0.2) is 0 Å². The average molecular weight is 213 g/mol. The number of hydrogen-bond donors (Lipinski definition) is 3. The van der Waals surface area contributed by atoms with Crippen molar-refractivity contribution in [3.63, 3.8) is 0 Å². The standard InChI is InChI=1S/C12H27N3/c13-8-3-11-1-4-12(5-2-11,6-9-14)7-10-15/h11H,1-10,13-15H2. The van der Waals surface area contributed by atoms with Crippen molar-refractivity contribution in [3.8, 4) is 0 Å². The summed E-state index contributed by atoms with van der Waals surface area (Å²) in [5.74, 6) is 0.860. The van der Waals surface area contributed by atoms with Crippen molar-refractivity contribution < 1.29 is 0 Å². The van der Waals surface area contributed by atoms with Crippen LogP contribution in [0.1, 0.15) is 44.9 Å². The predicted octanol–water partition coefficient (Wildman–Crippen LogP) is 1.21. The summed E-state index contributed by atoms with van der Waals surface area (Å²) < 4.78 is 0. The minimum atomic E-state index is 0.467. The Balaban J connectivity index is 2.41. The largest absolute Gasteiger partial charge is 0.330 e. The Morgan fingerprint density at radius 2 is 1.40 bits per heavy atom. The quantitative estimate of drug-likeness (QED) is 0.620. The summed E-state index contributed by atoms with van der Waals surface area (Å²) in [5, 5.41) is 0. The highest BCUT2D eigenvalue weighted by atomic mass is 14.6. The van der Waals surface area contributed by atoms with Gasteiger partial charge >= 0.3 is 0 Å². The van der Waals surface area contributed by atoms with Gasteiger partial charge in [-0.2, -0.15) is 0 Å². The molecule has 0 bridgehead atoms. The second-order valence-corrected chi connectivity index (χ2v) is 5.10. The summed E-state index contributed by atoms with van der Waals surface area (Å²) in [6, 6.07) is 0. The zero-order valence-electron chi connectivity index (χ0n) is 9.88. The summed E-state index contributed by atoms with van der Waals surface area (Å²) in [5.41, 5.74) is 17.5. The fourth-order valence-electron chi connectivity index (χ4n) is 3.05. The van der Waals surface area contributed by atoms with Crippen LogP contribution in [0.4, 0.5) is 0 Å². The van der Waals surface area contributed by atoms with E-state index < -0.39 is 0 Å². The molecular weight excluding hydrogens is 186 g/mol. The minimum absolute atomic E-state index is 0.467. The number of hydrogen-bond acceptors (Lipinski definition) is 3. The van der Waals surface area contributed by atoms with Gasteiger partial charge in [0.25, 0.3) is 0 Å². The molecule has 0 aliphatic heterocycles. The molecule has 0 saturated heterocycles.